The van der Waals surface area contributed by atoms with E-state index in [9.17, 15) is 4.79 Å². The number of aryl methyl sites for hydroxylation is 2. The van der Waals surface area contributed by atoms with Crippen molar-refractivity contribution >= 4 is 28.1 Å². The van der Waals surface area contributed by atoms with E-state index in [0.717, 1.165) is 16.8 Å². The van der Waals surface area contributed by atoms with Crippen LogP contribution in [0.2, 0.25) is 0 Å². The zero-order valence-electron chi connectivity index (χ0n) is 15.8. The van der Waals surface area contributed by atoms with Crippen molar-refractivity contribution in [3.05, 3.63) is 81.4 Å². The molecule has 2 aromatic carbocycles. The fourth-order valence-electron chi connectivity index (χ4n) is 3.10. The average molecular weight is 391 g/mol. The van der Waals surface area contributed by atoms with Crippen LogP contribution < -0.4 is 10.1 Å². The number of fused-ring (bicyclic) bond motifs is 1. The molecule has 0 spiro atoms. The lowest BCUT2D eigenvalue weighted by atomic mass is 10.1. The number of nitrogens with zero attached hydrogens (tertiary/aromatic N) is 1. The van der Waals surface area contributed by atoms with Crippen LogP contribution in [0.3, 0.4) is 0 Å². The Kier molecular flexibility index (Phi) is 5.12. The molecule has 2 heterocycles. The van der Waals surface area contributed by atoms with Crippen molar-refractivity contribution in [2.24, 2.45) is 0 Å². The molecule has 6 heteroatoms. The Morgan fingerprint density at radius 2 is 2.11 bits per heavy atom. The van der Waals surface area contributed by atoms with E-state index in [0.29, 0.717) is 24.5 Å². The molecule has 2 N–H and O–H groups in total. The number of benzene rings is 2. The molecule has 4 aromatic rings. The van der Waals surface area contributed by atoms with Crippen molar-refractivity contribution in [2.75, 3.05) is 0 Å². The number of carbonyl (C=O) groups excluding carboxylic acids is 1. The van der Waals surface area contributed by atoms with Gasteiger partial charge in [-0.1, -0.05) is 12.1 Å². The Labute approximate surface area is 167 Å². The number of H-pyrrole nitrogens is 1. The van der Waals surface area contributed by atoms with Crippen LogP contribution in [0, 0.1) is 13.8 Å². The molecule has 0 fully saturated rings. The van der Waals surface area contributed by atoms with Crippen molar-refractivity contribution in [1.82, 2.24) is 15.3 Å². The number of hydrogen-bond donors (Lipinski definition) is 2. The normalized spacial score (nSPS) is 10.9. The predicted octanol–water partition coefficient (Wildman–Crippen LogP) is 4.75. The molecule has 0 bridgehead atoms. The highest BCUT2D eigenvalue weighted by Crippen LogP contribution is 2.22. The minimum atomic E-state index is -0.124. The molecule has 0 saturated heterocycles. The lowest BCUT2D eigenvalue weighted by Gasteiger charge is -2.08. The second-order valence-corrected chi connectivity index (χ2v) is 7.45. The third-order valence-corrected chi connectivity index (χ3v) is 5.43. The molecular formula is C22H21N3O2S. The van der Waals surface area contributed by atoms with E-state index in [1.807, 2.05) is 23.6 Å². The molecule has 4 rings (SSSR count). The van der Waals surface area contributed by atoms with Crippen LogP contribution in [0.25, 0.3) is 10.9 Å². The maximum absolute atomic E-state index is 12.6. The number of amides is 1. The smallest absolute Gasteiger partial charge is 0.251 e. The van der Waals surface area contributed by atoms with E-state index in [1.165, 1.54) is 28.0 Å². The summed E-state index contributed by atoms with van der Waals surface area (Å²) < 4.78 is 5.73. The van der Waals surface area contributed by atoms with Gasteiger partial charge in [0, 0.05) is 34.1 Å². The first-order valence-electron chi connectivity index (χ1n) is 9.06. The summed E-state index contributed by atoms with van der Waals surface area (Å²) in [6.45, 7) is 5.04. The van der Waals surface area contributed by atoms with Gasteiger partial charge in [0.05, 0.1) is 11.2 Å². The van der Waals surface area contributed by atoms with Gasteiger partial charge in [-0.3, -0.25) is 4.79 Å². The number of nitrogens with one attached hydrogen (secondary N) is 2. The van der Waals surface area contributed by atoms with Gasteiger partial charge in [-0.05, 0) is 55.3 Å². The maximum Gasteiger partial charge on any atom is 0.251 e. The van der Waals surface area contributed by atoms with Gasteiger partial charge >= 0.3 is 0 Å². The van der Waals surface area contributed by atoms with Crippen molar-refractivity contribution in [3.63, 3.8) is 0 Å². The Hall–Kier alpha value is -3.12. The fourth-order valence-corrected chi connectivity index (χ4v) is 3.64. The Morgan fingerprint density at radius 3 is 2.93 bits per heavy atom. The van der Waals surface area contributed by atoms with Crippen LogP contribution in [-0.4, -0.2) is 15.9 Å². The maximum atomic E-state index is 12.6. The number of aromatic nitrogens is 2. The molecular weight excluding hydrogens is 370 g/mol. The topological polar surface area (TPSA) is 67.0 Å². The molecule has 28 heavy (non-hydrogen) atoms. The monoisotopic (exact) mass is 391 g/mol. The number of carbonyl (C=O) groups is 1. The lowest BCUT2D eigenvalue weighted by molar-refractivity contribution is 0.0950. The molecule has 0 saturated carbocycles. The first kappa shape index (κ1) is 18.3. The van der Waals surface area contributed by atoms with Gasteiger partial charge in [0.1, 0.15) is 12.4 Å². The SMILES string of the molecule is Cc1[nH]c2ccc(CNC(=O)c3cccc(OCc4cscn4)c3)cc2c1C. The average Bonchev–Trinajstić information content (AvgIpc) is 3.33. The number of rotatable bonds is 6. The minimum Gasteiger partial charge on any atom is -0.487 e. The first-order valence-corrected chi connectivity index (χ1v) is 10.0. The molecule has 0 atom stereocenters. The van der Waals surface area contributed by atoms with Crippen LogP contribution in [0.15, 0.2) is 53.4 Å². The molecule has 5 nitrogen and oxygen atoms in total. The molecule has 0 unspecified atom stereocenters. The molecule has 0 radical (unpaired) electrons. The second-order valence-electron chi connectivity index (χ2n) is 6.73. The third kappa shape index (κ3) is 3.92. The number of thiazole rings is 1. The summed E-state index contributed by atoms with van der Waals surface area (Å²) in [6, 6.07) is 13.4. The minimum absolute atomic E-state index is 0.124. The number of ether oxygens (including phenoxy) is 1. The summed E-state index contributed by atoms with van der Waals surface area (Å²) in [6.07, 6.45) is 0. The zero-order valence-corrected chi connectivity index (χ0v) is 16.6. The molecule has 142 valence electrons. The highest BCUT2D eigenvalue weighted by molar-refractivity contribution is 7.07. The van der Waals surface area contributed by atoms with E-state index >= 15 is 0 Å². The van der Waals surface area contributed by atoms with Gasteiger partial charge in [0.25, 0.3) is 5.91 Å². The Balaban J connectivity index is 1.41. The number of hydrogen-bond acceptors (Lipinski definition) is 4. The summed E-state index contributed by atoms with van der Waals surface area (Å²) in [7, 11) is 0. The van der Waals surface area contributed by atoms with Crippen molar-refractivity contribution in [1.29, 1.82) is 0 Å². The van der Waals surface area contributed by atoms with Gasteiger partial charge in [0.2, 0.25) is 0 Å². The number of aromatic amines is 1. The largest absolute Gasteiger partial charge is 0.487 e. The van der Waals surface area contributed by atoms with Crippen LogP contribution in [-0.2, 0) is 13.2 Å². The summed E-state index contributed by atoms with van der Waals surface area (Å²) >= 11 is 1.53. The molecule has 0 aliphatic heterocycles. The zero-order chi connectivity index (χ0) is 19.5. The summed E-state index contributed by atoms with van der Waals surface area (Å²) in [5.41, 5.74) is 7.83. The van der Waals surface area contributed by atoms with Gasteiger partial charge in [0.15, 0.2) is 0 Å². The molecule has 1 amide bonds. The van der Waals surface area contributed by atoms with Gasteiger partial charge in [-0.25, -0.2) is 4.98 Å². The van der Waals surface area contributed by atoms with E-state index in [-0.39, 0.29) is 5.91 Å². The van der Waals surface area contributed by atoms with Crippen LogP contribution >= 0.6 is 11.3 Å². The molecule has 2 aromatic heterocycles. The van der Waals surface area contributed by atoms with E-state index < -0.39 is 0 Å². The lowest BCUT2D eigenvalue weighted by Crippen LogP contribution is -2.22. The van der Waals surface area contributed by atoms with E-state index in [1.54, 1.807) is 17.6 Å². The molecule has 0 aliphatic rings. The van der Waals surface area contributed by atoms with Gasteiger partial charge < -0.3 is 15.0 Å². The van der Waals surface area contributed by atoms with E-state index in [4.69, 9.17) is 4.74 Å². The highest BCUT2D eigenvalue weighted by Gasteiger charge is 2.09. The van der Waals surface area contributed by atoms with Crippen molar-refractivity contribution < 1.29 is 9.53 Å². The van der Waals surface area contributed by atoms with Crippen molar-refractivity contribution in [2.45, 2.75) is 27.0 Å². The molecule has 0 aliphatic carbocycles. The van der Waals surface area contributed by atoms with Crippen LogP contribution in [0.1, 0.15) is 32.9 Å². The quantitative estimate of drug-likeness (QED) is 0.498. The van der Waals surface area contributed by atoms with Crippen LogP contribution in [0.5, 0.6) is 5.75 Å². The Morgan fingerprint density at radius 1 is 1.21 bits per heavy atom. The first-order chi connectivity index (χ1) is 13.6. The van der Waals surface area contributed by atoms with E-state index in [2.05, 4.69) is 41.3 Å². The standard InChI is InChI=1S/C22H21N3O2S/c1-14-15(2)25-21-7-6-16(8-20(14)21)10-23-22(26)17-4-3-5-19(9-17)27-11-18-12-28-13-24-18/h3-9,12-13,25H,10-11H2,1-2H3,(H,23,26). The third-order valence-electron chi connectivity index (χ3n) is 4.79. The fraction of sp³-hybridized carbons (Fsp3) is 0.182. The van der Waals surface area contributed by atoms with Gasteiger partial charge in [-0.15, -0.1) is 11.3 Å². The highest BCUT2D eigenvalue weighted by atomic mass is 32.1. The predicted molar refractivity (Wildman–Crippen MR) is 112 cm³/mol. The van der Waals surface area contributed by atoms with Crippen LogP contribution in [0.4, 0.5) is 0 Å². The Bertz CT molecular complexity index is 1120. The second kappa shape index (κ2) is 7.86. The summed E-state index contributed by atoms with van der Waals surface area (Å²) in [4.78, 5) is 20.1. The summed E-state index contributed by atoms with van der Waals surface area (Å²) in [5.74, 6) is 0.529. The summed E-state index contributed by atoms with van der Waals surface area (Å²) in [5, 5.41) is 6.13. The van der Waals surface area contributed by atoms with Gasteiger partial charge in [-0.2, -0.15) is 0 Å². The van der Waals surface area contributed by atoms with Crippen molar-refractivity contribution in [3.8, 4) is 5.75 Å².